The van der Waals surface area contributed by atoms with Crippen molar-refractivity contribution in [2.75, 3.05) is 7.11 Å². The third kappa shape index (κ3) is 5.32. The number of ether oxygens (including phenoxy) is 1. The first kappa shape index (κ1) is 16.8. The van der Waals surface area contributed by atoms with Crippen molar-refractivity contribution in [3.05, 3.63) is 87.8 Å². The van der Waals surface area contributed by atoms with Crippen molar-refractivity contribution < 1.29 is 4.74 Å². The van der Waals surface area contributed by atoms with Gasteiger partial charge in [0.05, 0.1) is 7.11 Å². The van der Waals surface area contributed by atoms with Gasteiger partial charge in [-0.15, -0.1) is 0 Å². The van der Waals surface area contributed by atoms with Crippen LogP contribution in [-0.2, 0) is 0 Å². The van der Waals surface area contributed by atoms with Gasteiger partial charge in [0, 0.05) is 8.95 Å². The summed E-state index contributed by atoms with van der Waals surface area (Å²) in [5.41, 5.74) is 2.47. The van der Waals surface area contributed by atoms with Crippen LogP contribution in [0, 0.1) is 0 Å². The van der Waals surface area contributed by atoms with E-state index in [-0.39, 0.29) is 0 Å². The summed E-state index contributed by atoms with van der Waals surface area (Å²) in [6, 6.07) is 26.3. The lowest BCUT2D eigenvalue weighted by molar-refractivity contribution is 0.415. The van der Waals surface area contributed by atoms with Crippen molar-refractivity contribution in [2.24, 2.45) is 0 Å². The summed E-state index contributed by atoms with van der Waals surface area (Å²) in [5.74, 6) is 0.910. The van der Waals surface area contributed by atoms with E-state index >= 15 is 0 Å². The second kappa shape index (κ2) is 8.76. The molecule has 0 fully saturated rings. The van der Waals surface area contributed by atoms with Crippen molar-refractivity contribution in [1.82, 2.24) is 0 Å². The summed E-state index contributed by atoms with van der Waals surface area (Å²) < 4.78 is 7.13. The zero-order valence-electron chi connectivity index (χ0n) is 12.2. The highest BCUT2D eigenvalue weighted by atomic mass is 79.9. The van der Waals surface area contributed by atoms with Gasteiger partial charge in [-0.1, -0.05) is 74.3 Å². The Labute approximate surface area is 148 Å². The Bertz CT molecular complexity index is 633. The van der Waals surface area contributed by atoms with Crippen molar-refractivity contribution in [1.29, 1.82) is 0 Å². The molecule has 0 heterocycles. The Morgan fingerprint density at radius 3 is 1.32 bits per heavy atom. The van der Waals surface area contributed by atoms with E-state index in [1.165, 1.54) is 11.1 Å². The first-order chi connectivity index (χ1) is 10.7. The minimum absolute atomic E-state index is 0.910. The molecule has 0 aliphatic carbocycles. The molecule has 112 valence electrons. The van der Waals surface area contributed by atoms with Crippen LogP contribution in [-0.4, -0.2) is 7.11 Å². The Balaban J connectivity index is 0.000000188. The molecular weight excluding hydrogens is 404 g/mol. The molecule has 3 aromatic carbocycles. The summed E-state index contributed by atoms with van der Waals surface area (Å²) >= 11 is 6.84. The molecule has 0 saturated heterocycles. The Hall–Kier alpha value is -1.58. The average molecular weight is 420 g/mol. The topological polar surface area (TPSA) is 9.23 Å². The molecular formula is C19H16Br2O. The van der Waals surface area contributed by atoms with Gasteiger partial charge in [-0.2, -0.15) is 0 Å². The largest absolute Gasteiger partial charge is 0.497 e. The third-order valence-corrected chi connectivity index (χ3v) is 4.06. The SMILES string of the molecule is Brc1ccc(-c2ccc(Br)cc2)cc1.COc1ccccc1. The number of methoxy groups -OCH3 is 1. The van der Waals surface area contributed by atoms with Crippen molar-refractivity contribution in [3.8, 4) is 16.9 Å². The van der Waals surface area contributed by atoms with Crippen LogP contribution in [0.1, 0.15) is 0 Å². The van der Waals surface area contributed by atoms with E-state index in [0.29, 0.717) is 0 Å². The molecule has 0 atom stereocenters. The molecule has 3 aromatic rings. The molecule has 3 heteroatoms. The average Bonchev–Trinajstić information content (AvgIpc) is 2.58. The normalized spacial score (nSPS) is 9.59. The van der Waals surface area contributed by atoms with E-state index in [0.717, 1.165) is 14.7 Å². The van der Waals surface area contributed by atoms with Crippen LogP contribution in [0.3, 0.4) is 0 Å². The molecule has 0 amide bonds. The number of halogens is 2. The lowest BCUT2D eigenvalue weighted by atomic mass is 10.1. The molecule has 0 bridgehead atoms. The van der Waals surface area contributed by atoms with Crippen LogP contribution < -0.4 is 4.74 Å². The van der Waals surface area contributed by atoms with E-state index in [9.17, 15) is 0 Å². The van der Waals surface area contributed by atoms with Gasteiger partial charge in [-0.25, -0.2) is 0 Å². The van der Waals surface area contributed by atoms with Gasteiger partial charge in [-0.3, -0.25) is 0 Å². The highest BCUT2D eigenvalue weighted by molar-refractivity contribution is 9.10. The maximum absolute atomic E-state index is 4.91. The van der Waals surface area contributed by atoms with Crippen LogP contribution in [0.4, 0.5) is 0 Å². The van der Waals surface area contributed by atoms with Gasteiger partial charge in [0.2, 0.25) is 0 Å². The quantitative estimate of drug-likeness (QED) is 0.456. The van der Waals surface area contributed by atoms with Gasteiger partial charge >= 0.3 is 0 Å². The lowest BCUT2D eigenvalue weighted by Gasteiger charge is -2.01. The maximum Gasteiger partial charge on any atom is 0.118 e. The highest BCUT2D eigenvalue weighted by Crippen LogP contribution is 2.23. The Morgan fingerprint density at radius 1 is 0.591 bits per heavy atom. The van der Waals surface area contributed by atoms with E-state index in [1.54, 1.807) is 7.11 Å². The van der Waals surface area contributed by atoms with Gasteiger partial charge in [0.1, 0.15) is 5.75 Å². The van der Waals surface area contributed by atoms with Gasteiger partial charge in [-0.05, 0) is 47.5 Å². The van der Waals surface area contributed by atoms with Crippen LogP contribution >= 0.6 is 31.9 Å². The Kier molecular flexibility index (Phi) is 6.69. The van der Waals surface area contributed by atoms with Crippen LogP contribution in [0.5, 0.6) is 5.75 Å². The monoisotopic (exact) mass is 418 g/mol. The molecule has 0 spiro atoms. The number of hydrogen-bond acceptors (Lipinski definition) is 1. The number of rotatable bonds is 2. The van der Waals surface area contributed by atoms with E-state index in [4.69, 9.17) is 4.74 Å². The molecule has 0 radical (unpaired) electrons. The van der Waals surface area contributed by atoms with Crippen LogP contribution in [0.25, 0.3) is 11.1 Å². The predicted molar refractivity (Wildman–Crippen MR) is 100 cm³/mol. The minimum Gasteiger partial charge on any atom is -0.497 e. The predicted octanol–water partition coefficient (Wildman–Crippen LogP) is 6.57. The molecule has 1 nitrogen and oxygen atoms in total. The second-order valence-corrected chi connectivity index (χ2v) is 6.36. The first-order valence-corrected chi connectivity index (χ1v) is 8.38. The fourth-order valence-corrected chi connectivity index (χ4v) is 2.37. The molecule has 0 saturated carbocycles. The molecule has 0 aliphatic heterocycles. The number of benzene rings is 3. The number of hydrogen-bond donors (Lipinski definition) is 0. The summed E-state index contributed by atoms with van der Waals surface area (Å²) in [6.07, 6.45) is 0. The molecule has 0 aromatic heterocycles. The molecule has 0 aliphatic rings. The molecule has 22 heavy (non-hydrogen) atoms. The fraction of sp³-hybridized carbons (Fsp3) is 0.0526. The lowest BCUT2D eigenvalue weighted by Crippen LogP contribution is -1.78. The highest BCUT2D eigenvalue weighted by Gasteiger charge is 1.96. The fourth-order valence-electron chi connectivity index (χ4n) is 1.84. The standard InChI is InChI=1S/C12H8Br2.C7H8O/c13-11-5-1-9(2-6-11)10-3-7-12(14)8-4-10;1-8-7-5-3-2-4-6-7/h1-8H;2-6H,1H3. The summed E-state index contributed by atoms with van der Waals surface area (Å²) in [7, 11) is 1.66. The summed E-state index contributed by atoms with van der Waals surface area (Å²) in [6.45, 7) is 0. The molecule has 0 N–H and O–H groups in total. The van der Waals surface area contributed by atoms with Gasteiger partial charge in [0.15, 0.2) is 0 Å². The second-order valence-electron chi connectivity index (χ2n) is 4.53. The smallest absolute Gasteiger partial charge is 0.118 e. The van der Waals surface area contributed by atoms with E-state index < -0.39 is 0 Å². The first-order valence-electron chi connectivity index (χ1n) is 6.79. The van der Waals surface area contributed by atoms with E-state index in [1.807, 2.05) is 30.3 Å². The third-order valence-electron chi connectivity index (χ3n) is 3.00. The summed E-state index contributed by atoms with van der Waals surface area (Å²) in [5, 5.41) is 0. The van der Waals surface area contributed by atoms with Crippen molar-refractivity contribution in [3.63, 3.8) is 0 Å². The molecule has 0 unspecified atom stereocenters. The van der Waals surface area contributed by atoms with Gasteiger partial charge in [0.25, 0.3) is 0 Å². The maximum atomic E-state index is 4.91. The Morgan fingerprint density at radius 2 is 1.00 bits per heavy atom. The molecule has 3 rings (SSSR count). The van der Waals surface area contributed by atoms with E-state index in [2.05, 4.69) is 80.4 Å². The minimum atomic E-state index is 0.910. The number of para-hydroxylation sites is 1. The van der Waals surface area contributed by atoms with Crippen LogP contribution in [0.15, 0.2) is 87.8 Å². The van der Waals surface area contributed by atoms with Gasteiger partial charge < -0.3 is 4.74 Å². The zero-order chi connectivity index (χ0) is 15.8. The van der Waals surface area contributed by atoms with Crippen molar-refractivity contribution in [2.45, 2.75) is 0 Å². The van der Waals surface area contributed by atoms with Crippen LogP contribution in [0.2, 0.25) is 0 Å². The summed E-state index contributed by atoms with van der Waals surface area (Å²) in [4.78, 5) is 0. The van der Waals surface area contributed by atoms with Crippen molar-refractivity contribution >= 4 is 31.9 Å². The zero-order valence-corrected chi connectivity index (χ0v) is 15.3.